The molecule has 1 rings (SSSR count). The highest BCUT2D eigenvalue weighted by molar-refractivity contribution is 6.29. The Kier molecular flexibility index (Phi) is 4.10. The van der Waals surface area contributed by atoms with Gasteiger partial charge in [0.1, 0.15) is 0 Å². The fraction of sp³-hybridized carbons (Fsp3) is 0.636. The van der Waals surface area contributed by atoms with Gasteiger partial charge in [0.2, 0.25) is 11.8 Å². The second-order valence-electron chi connectivity index (χ2n) is 4.76. The third-order valence-corrected chi connectivity index (χ3v) is 2.32. The summed E-state index contributed by atoms with van der Waals surface area (Å²) < 4.78 is 5.35. The Morgan fingerprint density at radius 2 is 2.06 bits per heavy atom. The maximum Gasteiger partial charge on any atom is 0.230 e. The quantitative estimate of drug-likeness (QED) is 0.816. The molecule has 0 aromatic carbocycles. The molecule has 0 saturated heterocycles. The molecule has 90 valence electrons. The molecule has 5 heteroatoms. The monoisotopic (exact) mass is 243 g/mol. The zero-order chi connectivity index (χ0) is 12.3. The van der Waals surface area contributed by atoms with Crippen LogP contribution in [0.15, 0.2) is 16.0 Å². The highest BCUT2D eigenvalue weighted by atomic mass is 35.5. The Bertz CT molecular complexity index is 368. The lowest BCUT2D eigenvalue weighted by Gasteiger charge is -2.34. The molecular formula is C11H18ClN3O. The lowest BCUT2D eigenvalue weighted by Crippen LogP contribution is -2.41. The molecule has 1 aromatic rings. The van der Waals surface area contributed by atoms with Crippen LogP contribution in [-0.2, 0) is 6.54 Å². The van der Waals surface area contributed by atoms with Gasteiger partial charge in [-0.1, -0.05) is 18.2 Å². The number of aromatic nitrogens is 2. The van der Waals surface area contributed by atoms with Crippen LogP contribution in [0.1, 0.15) is 32.6 Å². The molecule has 0 amide bonds. The number of rotatable bonds is 4. The zero-order valence-electron chi connectivity index (χ0n) is 10.2. The van der Waals surface area contributed by atoms with Crippen molar-refractivity contribution in [3.63, 3.8) is 0 Å². The zero-order valence-corrected chi connectivity index (χ0v) is 11.0. The van der Waals surface area contributed by atoms with E-state index in [9.17, 15) is 0 Å². The van der Waals surface area contributed by atoms with Crippen LogP contribution in [0.4, 0.5) is 0 Å². The van der Waals surface area contributed by atoms with Crippen molar-refractivity contribution in [1.29, 1.82) is 0 Å². The van der Waals surface area contributed by atoms with E-state index in [1.165, 1.54) is 0 Å². The predicted octanol–water partition coefficient (Wildman–Crippen LogP) is 2.73. The van der Waals surface area contributed by atoms with Crippen LogP contribution >= 0.6 is 11.6 Å². The van der Waals surface area contributed by atoms with Gasteiger partial charge in [-0.2, -0.15) is 0 Å². The van der Waals surface area contributed by atoms with Gasteiger partial charge < -0.3 is 4.42 Å². The fourth-order valence-electron chi connectivity index (χ4n) is 1.30. The van der Waals surface area contributed by atoms with E-state index in [-0.39, 0.29) is 5.54 Å². The number of hydrogen-bond donors (Lipinski definition) is 0. The van der Waals surface area contributed by atoms with Gasteiger partial charge in [-0.3, -0.25) is 4.90 Å². The molecule has 4 nitrogen and oxygen atoms in total. The molecule has 0 radical (unpaired) electrons. The second kappa shape index (κ2) is 4.97. The molecule has 0 aliphatic carbocycles. The van der Waals surface area contributed by atoms with E-state index in [0.29, 0.717) is 29.9 Å². The summed E-state index contributed by atoms with van der Waals surface area (Å²) in [6.45, 7) is 13.0. The standard InChI is InChI=1S/C11H18ClN3O/c1-8(12)6-15(11(3,4)5)7-10-14-13-9(2)16-10/h1,6-7H2,2-5H3. The van der Waals surface area contributed by atoms with E-state index in [0.717, 1.165) is 0 Å². The van der Waals surface area contributed by atoms with Crippen LogP contribution in [0.3, 0.4) is 0 Å². The number of hydrogen-bond acceptors (Lipinski definition) is 4. The summed E-state index contributed by atoms with van der Waals surface area (Å²) in [7, 11) is 0. The molecule has 0 unspecified atom stereocenters. The molecule has 0 saturated carbocycles. The van der Waals surface area contributed by atoms with E-state index in [4.69, 9.17) is 16.0 Å². The van der Waals surface area contributed by atoms with Gasteiger partial charge in [-0.05, 0) is 20.8 Å². The third-order valence-electron chi connectivity index (χ3n) is 2.21. The Morgan fingerprint density at radius 1 is 1.44 bits per heavy atom. The topological polar surface area (TPSA) is 42.2 Å². The summed E-state index contributed by atoms with van der Waals surface area (Å²) in [6.07, 6.45) is 0. The Hall–Kier alpha value is -0.870. The van der Waals surface area contributed by atoms with Crippen molar-refractivity contribution in [3.8, 4) is 0 Å². The summed E-state index contributed by atoms with van der Waals surface area (Å²) in [5.41, 5.74) is -0.0276. The van der Waals surface area contributed by atoms with Crippen molar-refractivity contribution in [2.45, 2.75) is 39.8 Å². The third kappa shape index (κ3) is 3.94. The van der Waals surface area contributed by atoms with Crippen LogP contribution in [0.25, 0.3) is 0 Å². The highest BCUT2D eigenvalue weighted by Gasteiger charge is 2.23. The maximum absolute atomic E-state index is 5.85. The van der Waals surface area contributed by atoms with E-state index in [2.05, 4.69) is 42.4 Å². The first-order valence-corrected chi connectivity index (χ1v) is 5.54. The van der Waals surface area contributed by atoms with E-state index in [1.54, 1.807) is 6.92 Å². The van der Waals surface area contributed by atoms with Crippen molar-refractivity contribution in [3.05, 3.63) is 23.4 Å². The average molecular weight is 244 g/mol. The Labute approximate surface area is 101 Å². The highest BCUT2D eigenvalue weighted by Crippen LogP contribution is 2.19. The van der Waals surface area contributed by atoms with Gasteiger partial charge in [0.15, 0.2) is 0 Å². The molecule has 0 atom stereocenters. The second-order valence-corrected chi connectivity index (χ2v) is 5.29. The first-order valence-electron chi connectivity index (χ1n) is 5.16. The SMILES string of the molecule is C=C(Cl)CN(Cc1nnc(C)o1)C(C)(C)C. The lowest BCUT2D eigenvalue weighted by molar-refractivity contribution is 0.130. The van der Waals surface area contributed by atoms with E-state index >= 15 is 0 Å². The molecule has 0 aliphatic rings. The van der Waals surface area contributed by atoms with Crippen LogP contribution < -0.4 is 0 Å². The first-order chi connectivity index (χ1) is 7.29. The summed E-state index contributed by atoms with van der Waals surface area (Å²) in [5.74, 6) is 1.18. The van der Waals surface area contributed by atoms with Crippen molar-refractivity contribution < 1.29 is 4.42 Å². The predicted molar refractivity (Wildman–Crippen MR) is 64.2 cm³/mol. The smallest absolute Gasteiger partial charge is 0.230 e. The molecule has 0 N–H and O–H groups in total. The van der Waals surface area contributed by atoms with E-state index < -0.39 is 0 Å². The minimum Gasteiger partial charge on any atom is -0.424 e. The molecule has 0 bridgehead atoms. The average Bonchev–Trinajstić information content (AvgIpc) is 2.47. The van der Waals surface area contributed by atoms with Crippen LogP contribution in [0.2, 0.25) is 0 Å². The van der Waals surface area contributed by atoms with Crippen molar-refractivity contribution in [1.82, 2.24) is 15.1 Å². The summed E-state index contributed by atoms with van der Waals surface area (Å²) in [4.78, 5) is 2.13. The van der Waals surface area contributed by atoms with Crippen LogP contribution in [-0.4, -0.2) is 27.2 Å². The van der Waals surface area contributed by atoms with Gasteiger partial charge in [0.25, 0.3) is 0 Å². The fourth-order valence-corrected chi connectivity index (χ4v) is 1.45. The number of halogens is 1. The van der Waals surface area contributed by atoms with Gasteiger partial charge in [-0.25, -0.2) is 0 Å². The van der Waals surface area contributed by atoms with Gasteiger partial charge >= 0.3 is 0 Å². The lowest BCUT2D eigenvalue weighted by atomic mass is 10.1. The Balaban J connectivity index is 2.74. The summed E-state index contributed by atoms with van der Waals surface area (Å²) >= 11 is 5.85. The van der Waals surface area contributed by atoms with Gasteiger partial charge in [-0.15, -0.1) is 10.2 Å². The first kappa shape index (κ1) is 13.2. The molecule has 16 heavy (non-hydrogen) atoms. The summed E-state index contributed by atoms with van der Waals surface area (Å²) in [6, 6.07) is 0. The maximum atomic E-state index is 5.85. The molecule has 1 heterocycles. The molecular weight excluding hydrogens is 226 g/mol. The molecule has 0 spiro atoms. The van der Waals surface area contributed by atoms with Crippen molar-refractivity contribution in [2.75, 3.05) is 6.54 Å². The largest absolute Gasteiger partial charge is 0.424 e. The van der Waals surface area contributed by atoms with Crippen LogP contribution in [0, 0.1) is 6.92 Å². The Morgan fingerprint density at radius 3 is 2.44 bits per heavy atom. The number of aryl methyl sites for hydroxylation is 1. The van der Waals surface area contributed by atoms with Crippen molar-refractivity contribution >= 4 is 11.6 Å². The van der Waals surface area contributed by atoms with Gasteiger partial charge in [0, 0.05) is 24.0 Å². The van der Waals surface area contributed by atoms with E-state index in [1.807, 2.05) is 0 Å². The minimum atomic E-state index is -0.0276. The normalized spacial score (nSPS) is 12.1. The van der Waals surface area contributed by atoms with Crippen LogP contribution in [0.5, 0.6) is 0 Å². The number of nitrogens with zero attached hydrogens (tertiary/aromatic N) is 3. The van der Waals surface area contributed by atoms with Gasteiger partial charge in [0.05, 0.1) is 6.54 Å². The van der Waals surface area contributed by atoms with Crippen molar-refractivity contribution in [2.24, 2.45) is 0 Å². The molecule has 0 fully saturated rings. The summed E-state index contributed by atoms with van der Waals surface area (Å²) in [5, 5.41) is 8.38. The molecule has 0 aliphatic heterocycles. The minimum absolute atomic E-state index is 0.0276. The molecule has 1 aromatic heterocycles.